The number of hydrogen-bond acceptors (Lipinski definition) is 10. The lowest BCUT2D eigenvalue weighted by Gasteiger charge is -2.41. The van der Waals surface area contributed by atoms with Gasteiger partial charge in [0.25, 0.3) is 0 Å². The molecule has 1 N–H and O–H groups in total. The number of aliphatic hydroxyl groups excluding tert-OH is 1. The van der Waals surface area contributed by atoms with E-state index < -0.39 is 55.4 Å². The van der Waals surface area contributed by atoms with E-state index in [0.717, 1.165) is 13.5 Å². The van der Waals surface area contributed by atoms with Crippen molar-refractivity contribution in [2.24, 2.45) is 10.8 Å². The molecule has 0 fully saturated rings. The zero-order valence-electron chi connectivity index (χ0n) is 31.8. The minimum atomic E-state index is -5.85. The standard InChI is InChI=1S/C17H29F3O6SSi.C16H30O4Si/c1-15(2,3)28(6,7)25-11-16(4)9-8-13(12(10-16)14(21)24-5)26-27(22,23)17(18,19)20;1-15(2,3)21(6,7)20-11-16(4)9-8-13(17)12(10-16)14(18)19-5/h8-11H2,1-7H3;17H,8-11H2,1-7H3. The van der Waals surface area contributed by atoms with Crippen molar-refractivity contribution in [3.63, 3.8) is 0 Å². The van der Waals surface area contributed by atoms with Crippen molar-refractivity contribution in [1.29, 1.82) is 0 Å². The molecular formula is C33H59F3O10SSi2. The van der Waals surface area contributed by atoms with Gasteiger partial charge in [-0.05, 0) is 72.8 Å². The molecule has 0 heterocycles. The zero-order chi connectivity index (χ0) is 38.7. The van der Waals surface area contributed by atoms with E-state index in [2.05, 4.69) is 83.6 Å². The molecule has 0 aromatic rings. The Morgan fingerprint density at radius 2 is 1.12 bits per heavy atom. The predicted octanol–water partition coefficient (Wildman–Crippen LogP) is 8.68. The third kappa shape index (κ3) is 12.1. The highest BCUT2D eigenvalue weighted by atomic mass is 32.2. The number of hydrogen-bond donors (Lipinski definition) is 1. The van der Waals surface area contributed by atoms with Crippen molar-refractivity contribution in [2.75, 3.05) is 27.4 Å². The summed E-state index contributed by atoms with van der Waals surface area (Å²) >= 11 is 0. The number of aliphatic hydroxyl groups is 1. The minimum Gasteiger partial charge on any atom is -0.512 e. The third-order valence-electron chi connectivity index (χ3n) is 10.3. The van der Waals surface area contributed by atoms with E-state index in [1.54, 1.807) is 0 Å². The Morgan fingerprint density at radius 3 is 1.49 bits per heavy atom. The molecule has 49 heavy (non-hydrogen) atoms. The topological polar surface area (TPSA) is 135 Å². The largest absolute Gasteiger partial charge is 0.534 e. The molecule has 0 aliphatic heterocycles. The van der Waals surface area contributed by atoms with Gasteiger partial charge in [0.05, 0.1) is 25.4 Å². The lowest BCUT2D eigenvalue weighted by molar-refractivity contribution is -0.138. The summed E-state index contributed by atoms with van der Waals surface area (Å²) in [6.07, 6.45) is 2.02. The van der Waals surface area contributed by atoms with Gasteiger partial charge in [-0.1, -0.05) is 55.4 Å². The van der Waals surface area contributed by atoms with Gasteiger partial charge >= 0.3 is 27.6 Å². The second kappa shape index (κ2) is 15.8. The quantitative estimate of drug-likeness (QED) is 0.0998. The Balaban J connectivity index is 0.000000510. The molecule has 2 aliphatic rings. The predicted molar refractivity (Wildman–Crippen MR) is 187 cm³/mol. The molecule has 286 valence electrons. The summed E-state index contributed by atoms with van der Waals surface area (Å²) < 4.78 is 86.8. The highest BCUT2D eigenvalue weighted by Crippen LogP contribution is 2.45. The molecule has 2 aliphatic carbocycles. The number of halogens is 3. The molecule has 0 saturated heterocycles. The first-order valence-electron chi connectivity index (χ1n) is 16.4. The van der Waals surface area contributed by atoms with Gasteiger partial charge in [-0.25, -0.2) is 9.59 Å². The molecule has 10 nitrogen and oxygen atoms in total. The lowest BCUT2D eigenvalue weighted by atomic mass is 9.75. The van der Waals surface area contributed by atoms with E-state index in [0.29, 0.717) is 38.0 Å². The number of esters is 2. The van der Waals surface area contributed by atoms with Crippen LogP contribution in [0.5, 0.6) is 0 Å². The summed E-state index contributed by atoms with van der Waals surface area (Å²) in [5.74, 6) is -1.68. The van der Waals surface area contributed by atoms with Crippen LogP contribution < -0.4 is 0 Å². The number of ether oxygens (including phenoxy) is 2. The Morgan fingerprint density at radius 1 is 0.755 bits per heavy atom. The summed E-state index contributed by atoms with van der Waals surface area (Å²) in [6.45, 7) is 26.4. The molecule has 16 heteroatoms. The minimum absolute atomic E-state index is 0.00297. The number of rotatable bonds is 10. The fourth-order valence-electron chi connectivity index (χ4n) is 4.65. The van der Waals surface area contributed by atoms with E-state index in [1.165, 1.54) is 7.11 Å². The molecule has 0 spiro atoms. The van der Waals surface area contributed by atoms with Crippen LogP contribution in [0.3, 0.4) is 0 Å². The molecule has 0 bridgehead atoms. The van der Waals surface area contributed by atoms with Crippen molar-refractivity contribution in [3.8, 4) is 0 Å². The van der Waals surface area contributed by atoms with Crippen molar-refractivity contribution >= 4 is 38.7 Å². The van der Waals surface area contributed by atoms with Crippen molar-refractivity contribution in [3.05, 3.63) is 22.7 Å². The average Bonchev–Trinajstić information content (AvgIpc) is 2.95. The van der Waals surface area contributed by atoms with Gasteiger partial charge in [-0.3, -0.25) is 0 Å². The van der Waals surface area contributed by atoms with Gasteiger partial charge in [-0.15, -0.1) is 0 Å². The van der Waals surface area contributed by atoms with Crippen molar-refractivity contribution in [2.45, 2.75) is 136 Å². The van der Waals surface area contributed by atoms with Crippen LogP contribution in [0.4, 0.5) is 13.2 Å². The first-order chi connectivity index (χ1) is 21.8. The number of methoxy groups -OCH3 is 2. The van der Waals surface area contributed by atoms with E-state index in [-0.39, 0.29) is 39.7 Å². The molecule has 0 saturated carbocycles. The molecule has 0 radical (unpaired) electrons. The number of alkyl halides is 3. The van der Waals surface area contributed by atoms with Gasteiger partial charge in [-0.2, -0.15) is 21.6 Å². The number of carbonyl (C=O) groups is 2. The van der Waals surface area contributed by atoms with Gasteiger partial charge in [0.1, 0.15) is 11.5 Å². The number of allylic oxidation sites excluding steroid dienone is 2. The van der Waals surface area contributed by atoms with Crippen LogP contribution in [0.15, 0.2) is 22.7 Å². The summed E-state index contributed by atoms with van der Waals surface area (Å²) in [5.41, 5.74) is -6.06. The fraction of sp³-hybridized carbons (Fsp3) is 0.818. The summed E-state index contributed by atoms with van der Waals surface area (Å²) in [4.78, 5) is 23.8. The smallest absolute Gasteiger partial charge is 0.512 e. The average molecular weight is 761 g/mol. The second-order valence-electron chi connectivity index (χ2n) is 16.9. The normalized spacial score (nSPS) is 23.0. The summed E-state index contributed by atoms with van der Waals surface area (Å²) in [7, 11) is -7.32. The van der Waals surface area contributed by atoms with Crippen molar-refractivity contribution < 1.29 is 58.8 Å². The van der Waals surface area contributed by atoms with E-state index in [4.69, 9.17) is 13.6 Å². The highest BCUT2D eigenvalue weighted by molar-refractivity contribution is 7.87. The molecule has 2 atom stereocenters. The third-order valence-corrected chi connectivity index (χ3v) is 20.3. The van der Waals surface area contributed by atoms with Crippen LogP contribution in [-0.4, -0.2) is 75.0 Å². The van der Waals surface area contributed by atoms with Crippen LogP contribution in [-0.2, 0) is 42.2 Å². The Labute approximate surface area is 293 Å². The summed E-state index contributed by atoms with van der Waals surface area (Å²) in [5, 5.41) is 10.0. The maximum atomic E-state index is 12.6. The van der Waals surface area contributed by atoms with Crippen molar-refractivity contribution in [1.82, 2.24) is 0 Å². The molecule has 0 amide bonds. The summed E-state index contributed by atoms with van der Waals surface area (Å²) in [6, 6.07) is 0. The van der Waals surface area contributed by atoms with Gasteiger partial charge in [0.2, 0.25) is 0 Å². The van der Waals surface area contributed by atoms with E-state index >= 15 is 0 Å². The molecule has 2 unspecified atom stereocenters. The van der Waals surface area contributed by atoms with Crippen LogP contribution in [0.25, 0.3) is 0 Å². The molecule has 2 rings (SSSR count). The van der Waals surface area contributed by atoms with Crippen LogP contribution in [0.2, 0.25) is 36.3 Å². The Bertz CT molecular complexity index is 1380. The van der Waals surface area contributed by atoms with Gasteiger partial charge in [0, 0.05) is 26.1 Å². The van der Waals surface area contributed by atoms with Gasteiger partial charge < -0.3 is 27.6 Å². The maximum absolute atomic E-state index is 12.6. The number of carbonyl (C=O) groups excluding carboxylic acids is 2. The second-order valence-corrected chi connectivity index (χ2v) is 28.0. The zero-order valence-corrected chi connectivity index (χ0v) is 34.6. The van der Waals surface area contributed by atoms with Crippen LogP contribution >= 0.6 is 0 Å². The molecule has 0 aromatic carbocycles. The SMILES string of the molecule is COC(=O)C1=C(O)CCC(C)(CO[Si](C)(C)C(C)(C)C)C1.COC(=O)C1=C(OS(=O)(=O)C(F)(F)F)CCC(C)(CO[Si](C)(C)C(C)(C)C)C1. The first-order valence-corrected chi connectivity index (χ1v) is 23.6. The molecular weight excluding hydrogens is 702 g/mol. The highest BCUT2D eigenvalue weighted by Gasteiger charge is 2.50. The maximum Gasteiger partial charge on any atom is 0.534 e. The molecule has 0 aromatic heterocycles. The van der Waals surface area contributed by atoms with E-state index in [1.807, 2.05) is 6.92 Å². The van der Waals surface area contributed by atoms with E-state index in [9.17, 15) is 36.3 Å². The Kier molecular flexibility index (Phi) is 14.5. The van der Waals surface area contributed by atoms with Gasteiger partial charge in [0.15, 0.2) is 16.6 Å². The first kappa shape index (κ1) is 45.1. The monoisotopic (exact) mass is 760 g/mol. The lowest BCUT2D eigenvalue weighted by Crippen LogP contribution is -2.44. The fourth-order valence-corrected chi connectivity index (χ4v) is 7.48. The Hall–Kier alpha value is -1.89. The van der Waals surface area contributed by atoms with Crippen LogP contribution in [0, 0.1) is 10.8 Å². The van der Waals surface area contributed by atoms with Crippen LogP contribution in [0.1, 0.15) is 93.9 Å².